The van der Waals surface area contributed by atoms with Crippen molar-refractivity contribution in [1.82, 2.24) is 9.21 Å². The molecule has 1 aliphatic carbocycles. The number of nitrogens with zero attached hydrogens (tertiary/aromatic N) is 2. The lowest BCUT2D eigenvalue weighted by atomic mass is 9.95. The van der Waals surface area contributed by atoms with E-state index in [-0.39, 0.29) is 0 Å². The number of ether oxygens (including phenoxy) is 1. The predicted octanol–water partition coefficient (Wildman–Crippen LogP) is 2.50. The summed E-state index contributed by atoms with van der Waals surface area (Å²) in [6.07, 6.45) is 4.98. The van der Waals surface area contributed by atoms with E-state index in [4.69, 9.17) is 4.74 Å². The molecular formula is C19H28N2O3S. The van der Waals surface area contributed by atoms with Gasteiger partial charge in [0.1, 0.15) is 5.75 Å². The third-order valence-corrected chi connectivity index (χ3v) is 7.81. The fourth-order valence-corrected chi connectivity index (χ4v) is 5.99. The van der Waals surface area contributed by atoms with E-state index in [1.54, 1.807) is 29.6 Å². The molecule has 5 nitrogen and oxygen atoms in total. The van der Waals surface area contributed by atoms with Crippen molar-refractivity contribution in [3.05, 3.63) is 23.8 Å². The van der Waals surface area contributed by atoms with E-state index in [1.807, 2.05) is 6.92 Å². The van der Waals surface area contributed by atoms with Crippen molar-refractivity contribution < 1.29 is 13.2 Å². The molecule has 0 spiro atoms. The number of rotatable bonds is 5. The average Bonchev–Trinajstić information content (AvgIpc) is 3.42. The second kappa shape index (κ2) is 6.56. The lowest BCUT2D eigenvalue weighted by Crippen LogP contribution is -2.45. The monoisotopic (exact) mass is 364 g/mol. The Labute approximate surface area is 151 Å². The second-order valence-corrected chi connectivity index (χ2v) is 9.89. The van der Waals surface area contributed by atoms with E-state index in [0.717, 1.165) is 43.2 Å². The van der Waals surface area contributed by atoms with Crippen LogP contribution in [0.4, 0.5) is 0 Å². The molecule has 0 radical (unpaired) electrons. The van der Waals surface area contributed by atoms with Crippen molar-refractivity contribution in [3.8, 4) is 5.75 Å². The van der Waals surface area contributed by atoms with Crippen LogP contribution < -0.4 is 4.74 Å². The number of aryl methyl sites for hydroxylation is 1. The summed E-state index contributed by atoms with van der Waals surface area (Å²) < 4.78 is 33.4. The van der Waals surface area contributed by atoms with Crippen LogP contribution in [0.15, 0.2) is 23.1 Å². The highest BCUT2D eigenvalue weighted by Crippen LogP contribution is 2.36. The number of methoxy groups -OCH3 is 1. The summed E-state index contributed by atoms with van der Waals surface area (Å²) >= 11 is 0. The number of fused-ring (bicyclic) bond motifs is 4. The smallest absolute Gasteiger partial charge is 0.243 e. The zero-order valence-corrected chi connectivity index (χ0v) is 16.0. The van der Waals surface area contributed by atoms with Crippen LogP contribution in [-0.4, -0.2) is 57.0 Å². The predicted molar refractivity (Wildman–Crippen MR) is 97.3 cm³/mol. The molecule has 1 aromatic carbocycles. The molecule has 4 fully saturated rings. The molecule has 5 rings (SSSR count). The Kier molecular flexibility index (Phi) is 4.54. The van der Waals surface area contributed by atoms with Gasteiger partial charge in [-0.1, -0.05) is 0 Å². The molecule has 6 heteroatoms. The summed E-state index contributed by atoms with van der Waals surface area (Å²) in [7, 11) is -1.84. The van der Waals surface area contributed by atoms with Gasteiger partial charge >= 0.3 is 0 Å². The van der Waals surface area contributed by atoms with E-state index in [1.165, 1.54) is 12.8 Å². The molecule has 0 N–H and O–H groups in total. The van der Waals surface area contributed by atoms with Gasteiger partial charge in [0.05, 0.1) is 12.0 Å². The number of benzene rings is 1. The van der Waals surface area contributed by atoms with E-state index >= 15 is 0 Å². The van der Waals surface area contributed by atoms with E-state index < -0.39 is 10.0 Å². The van der Waals surface area contributed by atoms with Crippen molar-refractivity contribution in [2.24, 2.45) is 11.8 Å². The fourth-order valence-electron chi connectivity index (χ4n) is 4.35. The minimum absolute atomic E-state index is 0.383. The van der Waals surface area contributed by atoms with Crippen LogP contribution in [0, 0.1) is 18.8 Å². The normalized spacial score (nSPS) is 28.1. The third kappa shape index (κ3) is 3.44. The summed E-state index contributed by atoms with van der Waals surface area (Å²) in [6, 6.07) is 5.56. The third-order valence-electron chi connectivity index (χ3n) is 5.99. The average molecular weight is 365 g/mol. The first kappa shape index (κ1) is 17.3. The molecule has 2 atom stereocenters. The van der Waals surface area contributed by atoms with E-state index in [2.05, 4.69) is 4.90 Å². The molecule has 138 valence electrons. The van der Waals surface area contributed by atoms with Crippen LogP contribution in [0.1, 0.15) is 31.2 Å². The van der Waals surface area contributed by atoms with Gasteiger partial charge in [-0.15, -0.1) is 0 Å². The van der Waals surface area contributed by atoms with Gasteiger partial charge in [0.2, 0.25) is 10.0 Å². The van der Waals surface area contributed by atoms with Crippen molar-refractivity contribution in [3.63, 3.8) is 0 Å². The molecule has 3 heterocycles. The molecule has 2 bridgehead atoms. The maximum atomic E-state index is 13.2. The largest absolute Gasteiger partial charge is 0.496 e. The first-order valence-corrected chi connectivity index (χ1v) is 10.8. The number of hydrogen-bond acceptors (Lipinski definition) is 4. The maximum Gasteiger partial charge on any atom is 0.243 e. The number of piperidine rings is 1. The lowest BCUT2D eigenvalue weighted by molar-refractivity contribution is 0.127. The Balaban J connectivity index is 1.57. The first-order chi connectivity index (χ1) is 12.0. The van der Waals surface area contributed by atoms with Crippen LogP contribution in [0.2, 0.25) is 0 Å². The minimum atomic E-state index is -3.44. The molecule has 25 heavy (non-hydrogen) atoms. The summed E-state index contributed by atoms with van der Waals surface area (Å²) in [6.45, 7) is 5.41. The van der Waals surface area contributed by atoms with Gasteiger partial charge in [0, 0.05) is 32.2 Å². The van der Waals surface area contributed by atoms with Crippen molar-refractivity contribution in [2.45, 2.75) is 43.5 Å². The maximum absolute atomic E-state index is 13.2. The highest BCUT2D eigenvalue weighted by Gasteiger charge is 2.40. The molecule has 4 aliphatic rings. The van der Waals surface area contributed by atoms with Crippen molar-refractivity contribution in [2.75, 3.05) is 33.3 Å². The zero-order chi connectivity index (χ0) is 17.6. The van der Waals surface area contributed by atoms with Gasteiger partial charge in [-0.3, -0.25) is 4.90 Å². The number of sulfonamides is 1. The number of hydrogen-bond donors (Lipinski definition) is 0. The van der Waals surface area contributed by atoms with Crippen LogP contribution >= 0.6 is 0 Å². The Morgan fingerprint density at radius 2 is 1.92 bits per heavy atom. The molecular weight excluding hydrogens is 336 g/mol. The van der Waals surface area contributed by atoms with Gasteiger partial charge in [-0.2, -0.15) is 4.31 Å². The minimum Gasteiger partial charge on any atom is -0.496 e. The summed E-state index contributed by atoms with van der Waals surface area (Å²) in [5.41, 5.74) is 0.858. The molecule has 3 saturated heterocycles. The topological polar surface area (TPSA) is 49.9 Å². The van der Waals surface area contributed by atoms with Gasteiger partial charge < -0.3 is 4.74 Å². The molecule has 3 aliphatic heterocycles. The standard InChI is InChI=1S/C19H28N2O3S/c1-14-9-18(7-8-19(14)24-2)25(22,23)21-12-16-5-6-17(13-21)20(11-16)10-15-3-4-15/h7-9,15-17H,3-6,10-13H2,1-2H3. The van der Waals surface area contributed by atoms with Crippen LogP contribution in [0.5, 0.6) is 5.75 Å². The molecule has 1 saturated carbocycles. The van der Waals surface area contributed by atoms with E-state index in [0.29, 0.717) is 29.9 Å². The molecule has 2 unspecified atom stereocenters. The fraction of sp³-hybridized carbons (Fsp3) is 0.684. The lowest BCUT2D eigenvalue weighted by Gasteiger charge is -2.36. The summed E-state index contributed by atoms with van der Waals surface area (Å²) in [5, 5.41) is 0. The Morgan fingerprint density at radius 3 is 2.60 bits per heavy atom. The summed E-state index contributed by atoms with van der Waals surface area (Å²) in [4.78, 5) is 2.96. The molecule has 0 aromatic heterocycles. The second-order valence-electron chi connectivity index (χ2n) is 7.95. The highest BCUT2D eigenvalue weighted by molar-refractivity contribution is 7.89. The van der Waals surface area contributed by atoms with Gasteiger partial charge in [0.25, 0.3) is 0 Å². The Bertz CT molecular complexity index is 745. The SMILES string of the molecule is COc1ccc(S(=O)(=O)N2CC3CCC(C2)N(CC2CC2)C3)cc1C. The van der Waals surface area contributed by atoms with Crippen LogP contribution in [0.25, 0.3) is 0 Å². The Hall–Kier alpha value is -1.11. The quantitative estimate of drug-likeness (QED) is 0.805. The van der Waals surface area contributed by atoms with Crippen molar-refractivity contribution >= 4 is 10.0 Å². The van der Waals surface area contributed by atoms with Crippen LogP contribution in [0.3, 0.4) is 0 Å². The highest BCUT2D eigenvalue weighted by atomic mass is 32.2. The molecule has 0 amide bonds. The summed E-state index contributed by atoms with van der Waals surface area (Å²) in [5.74, 6) is 2.05. The van der Waals surface area contributed by atoms with E-state index in [9.17, 15) is 8.42 Å². The zero-order valence-electron chi connectivity index (χ0n) is 15.1. The van der Waals surface area contributed by atoms with Gasteiger partial charge in [-0.25, -0.2) is 8.42 Å². The molecule has 1 aromatic rings. The van der Waals surface area contributed by atoms with Crippen molar-refractivity contribution in [1.29, 1.82) is 0 Å². The Morgan fingerprint density at radius 1 is 1.12 bits per heavy atom. The first-order valence-electron chi connectivity index (χ1n) is 9.36. The van der Waals surface area contributed by atoms with Crippen LogP contribution in [-0.2, 0) is 10.0 Å². The van der Waals surface area contributed by atoms with Gasteiger partial charge in [0.15, 0.2) is 0 Å². The van der Waals surface area contributed by atoms with Gasteiger partial charge in [-0.05, 0) is 68.2 Å².